The summed E-state index contributed by atoms with van der Waals surface area (Å²) in [7, 11) is 0. The van der Waals surface area contributed by atoms with Gasteiger partial charge in [0, 0.05) is 10.6 Å². The molecule has 2 rings (SSSR count). The van der Waals surface area contributed by atoms with Gasteiger partial charge in [0.2, 0.25) is 5.91 Å². The van der Waals surface area contributed by atoms with Crippen molar-refractivity contribution in [3.8, 4) is 0 Å². The molecule has 1 amide bonds. The Bertz CT molecular complexity index is 516. The molecule has 19 heavy (non-hydrogen) atoms. The molecule has 0 spiro atoms. The van der Waals surface area contributed by atoms with E-state index in [4.69, 9.17) is 0 Å². The maximum absolute atomic E-state index is 11.9. The molecule has 1 N–H and O–H groups in total. The molecule has 100 valence electrons. The van der Waals surface area contributed by atoms with Gasteiger partial charge in [0.05, 0.1) is 6.42 Å². The number of carbonyl (C=O) groups excluding carboxylic acids is 1. The molecule has 0 aliphatic heterocycles. The molecule has 0 saturated heterocycles. The van der Waals surface area contributed by atoms with Crippen LogP contribution in [0.25, 0.3) is 0 Å². The van der Waals surface area contributed by atoms with Crippen LogP contribution < -0.4 is 5.32 Å². The standard InChI is InChI=1S/C16H19NOS/c1-3-12(2)13-6-8-14(9-7-13)17-16(18)11-15-5-4-10-19-15/h4-10,12H,3,11H2,1-2H3,(H,17,18). The topological polar surface area (TPSA) is 29.1 Å². The summed E-state index contributed by atoms with van der Waals surface area (Å²) in [5, 5.41) is 4.92. The average molecular weight is 273 g/mol. The minimum Gasteiger partial charge on any atom is -0.326 e. The summed E-state index contributed by atoms with van der Waals surface area (Å²) in [4.78, 5) is 12.9. The number of nitrogens with one attached hydrogen (secondary N) is 1. The minimum absolute atomic E-state index is 0.0405. The molecule has 0 fully saturated rings. The fourth-order valence-electron chi connectivity index (χ4n) is 1.91. The van der Waals surface area contributed by atoms with Gasteiger partial charge in [-0.1, -0.05) is 32.0 Å². The molecule has 0 saturated carbocycles. The van der Waals surface area contributed by atoms with Gasteiger partial charge in [-0.05, 0) is 41.5 Å². The van der Waals surface area contributed by atoms with Crippen LogP contribution in [0.5, 0.6) is 0 Å². The van der Waals surface area contributed by atoms with Crippen LogP contribution in [0.3, 0.4) is 0 Å². The van der Waals surface area contributed by atoms with Gasteiger partial charge >= 0.3 is 0 Å². The smallest absolute Gasteiger partial charge is 0.229 e. The van der Waals surface area contributed by atoms with Gasteiger partial charge in [0.15, 0.2) is 0 Å². The normalized spacial score (nSPS) is 12.1. The quantitative estimate of drug-likeness (QED) is 0.857. The number of thiophene rings is 1. The van der Waals surface area contributed by atoms with Crippen LogP contribution in [-0.2, 0) is 11.2 Å². The first-order valence-electron chi connectivity index (χ1n) is 6.61. The molecule has 1 aromatic heterocycles. The van der Waals surface area contributed by atoms with E-state index in [2.05, 4.69) is 31.3 Å². The Kier molecular flexibility index (Phi) is 4.74. The molecule has 2 aromatic rings. The molecule has 1 unspecified atom stereocenters. The number of anilines is 1. The molecule has 1 heterocycles. The lowest BCUT2D eigenvalue weighted by atomic mass is 9.99. The Morgan fingerprint density at radius 1 is 1.26 bits per heavy atom. The van der Waals surface area contributed by atoms with Crippen molar-refractivity contribution in [2.75, 3.05) is 5.32 Å². The maximum Gasteiger partial charge on any atom is 0.229 e. The molecular weight excluding hydrogens is 254 g/mol. The fourth-order valence-corrected chi connectivity index (χ4v) is 2.61. The zero-order valence-corrected chi connectivity index (χ0v) is 12.2. The SMILES string of the molecule is CCC(C)c1ccc(NC(=O)Cc2cccs2)cc1. The molecule has 0 bridgehead atoms. The summed E-state index contributed by atoms with van der Waals surface area (Å²) in [6.07, 6.45) is 1.58. The van der Waals surface area contributed by atoms with Crippen LogP contribution in [0, 0.1) is 0 Å². The average Bonchev–Trinajstić information content (AvgIpc) is 2.91. The summed E-state index contributed by atoms with van der Waals surface area (Å²) in [6.45, 7) is 4.39. The first kappa shape index (κ1) is 13.8. The number of hydrogen-bond donors (Lipinski definition) is 1. The largest absolute Gasteiger partial charge is 0.326 e. The highest BCUT2D eigenvalue weighted by molar-refractivity contribution is 7.10. The Morgan fingerprint density at radius 3 is 2.58 bits per heavy atom. The van der Waals surface area contributed by atoms with Crippen molar-refractivity contribution in [2.45, 2.75) is 32.6 Å². The van der Waals surface area contributed by atoms with Gasteiger partial charge in [-0.25, -0.2) is 0 Å². The van der Waals surface area contributed by atoms with E-state index in [1.165, 1.54) is 5.56 Å². The predicted octanol–water partition coefficient (Wildman–Crippen LogP) is 4.44. The van der Waals surface area contributed by atoms with E-state index in [1.807, 2.05) is 29.6 Å². The number of hydrogen-bond acceptors (Lipinski definition) is 2. The van der Waals surface area contributed by atoms with Crippen molar-refractivity contribution in [1.29, 1.82) is 0 Å². The van der Waals surface area contributed by atoms with Crippen LogP contribution in [-0.4, -0.2) is 5.91 Å². The zero-order valence-electron chi connectivity index (χ0n) is 11.3. The second-order valence-electron chi connectivity index (χ2n) is 4.74. The minimum atomic E-state index is 0.0405. The zero-order chi connectivity index (χ0) is 13.7. The van der Waals surface area contributed by atoms with Crippen molar-refractivity contribution >= 4 is 22.9 Å². The van der Waals surface area contributed by atoms with E-state index in [0.29, 0.717) is 12.3 Å². The molecule has 3 heteroatoms. The highest BCUT2D eigenvalue weighted by Gasteiger charge is 2.06. The van der Waals surface area contributed by atoms with Crippen molar-refractivity contribution in [1.82, 2.24) is 0 Å². The summed E-state index contributed by atoms with van der Waals surface area (Å²) < 4.78 is 0. The van der Waals surface area contributed by atoms with E-state index in [9.17, 15) is 4.79 Å². The lowest BCUT2D eigenvalue weighted by Crippen LogP contribution is -2.13. The lowest BCUT2D eigenvalue weighted by Gasteiger charge is -2.10. The van der Waals surface area contributed by atoms with E-state index in [0.717, 1.165) is 17.0 Å². The molecule has 2 nitrogen and oxygen atoms in total. The number of rotatable bonds is 5. The molecule has 0 aliphatic carbocycles. The van der Waals surface area contributed by atoms with Crippen LogP contribution in [0.1, 0.15) is 36.6 Å². The van der Waals surface area contributed by atoms with Crippen LogP contribution in [0.4, 0.5) is 5.69 Å². The molecular formula is C16H19NOS. The van der Waals surface area contributed by atoms with Crippen molar-refractivity contribution < 1.29 is 4.79 Å². The van der Waals surface area contributed by atoms with E-state index in [1.54, 1.807) is 11.3 Å². The van der Waals surface area contributed by atoms with Crippen LogP contribution in [0.2, 0.25) is 0 Å². The third kappa shape index (κ3) is 3.93. The van der Waals surface area contributed by atoms with E-state index >= 15 is 0 Å². The van der Waals surface area contributed by atoms with E-state index in [-0.39, 0.29) is 5.91 Å². The monoisotopic (exact) mass is 273 g/mol. The van der Waals surface area contributed by atoms with Crippen LogP contribution >= 0.6 is 11.3 Å². The predicted molar refractivity (Wildman–Crippen MR) is 81.8 cm³/mol. The Labute approximate surface area is 118 Å². The van der Waals surface area contributed by atoms with Gasteiger partial charge in [-0.2, -0.15) is 0 Å². The number of carbonyl (C=O) groups is 1. The Morgan fingerprint density at radius 2 is 2.00 bits per heavy atom. The maximum atomic E-state index is 11.9. The second kappa shape index (κ2) is 6.53. The number of benzene rings is 1. The highest BCUT2D eigenvalue weighted by Crippen LogP contribution is 2.20. The summed E-state index contributed by atoms with van der Waals surface area (Å²) in [5.74, 6) is 0.606. The van der Waals surface area contributed by atoms with Gasteiger partial charge in [-0.3, -0.25) is 4.79 Å². The van der Waals surface area contributed by atoms with Crippen molar-refractivity contribution in [3.05, 3.63) is 52.2 Å². The summed E-state index contributed by atoms with van der Waals surface area (Å²) in [5.41, 5.74) is 2.19. The van der Waals surface area contributed by atoms with Crippen molar-refractivity contribution in [2.24, 2.45) is 0 Å². The first-order valence-corrected chi connectivity index (χ1v) is 7.49. The first-order chi connectivity index (χ1) is 9.19. The summed E-state index contributed by atoms with van der Waals surface area (Å²) in [6, 6.07) is 12.1. The molecule has 1 atom stereocenters. The third-order valence-corrected chi connectivity index (χ3v) is 4.17. The number of amides is 1. The van der Waals surface area contributed by atoms with Gasteiger partial charge in [0.1, 0.15) is 0 Å². The van der Waals surface area contributed by atoms with Crippen molar-refractivity contribution in [3.63, 3.8) is 0 Å². The molecule has 0 radical (unpaired) electrons. The second-order valence-corrected chi connectivity index (χ2v) is 5.77. The third-order valence-electron chi connectivity index (χ3n) is 3.29. The Hall–Kier alpha value is -1.61. The van der Waals surface area contributed by atoms with E-state index < -0.39 is 0 Å². The van der Waals surface area contributed by atoms with Gasteiger partial charge in [0.25, 0.3) is 0 Å². The van der Waals surface area contributed by atoms with Gasteiger partial charge in [-0.15, -0.1) is 11.3 Å². The fraction of sp³-hybridized carbons (Fsp3) is 0.312. The lowest BCUT2D eigenvalue weighted by molar-refractivity contribution is -0.115. The molecule has 0 aliphatic rings. The highest BCUT2D eigenvalue weighted by atomic mass is 32.1. The summed E-state index contributed by atoms with van der Waals surface area (Å²) >= 11 is 1.61. The van der Waals surface area contributed by atoms with Crippen LogP contribution in [0.15, 0.2) is 41.8 Å². The Balaban J connectivity index is 1.94. The van der Waals surface area contributed by atoms with Gasteiger partial charge < -0.3 is 5.32 Å². The molecule has 1 aromatic carbocycles.